The Morgan fingerprint density at radius 1 is 1.29 bits per heavy atom. The Hall–Kier alpha value is -1.10. The summed E-state index contributed by atoms with van der Waals surface area (Å²) in [6.45, 7) is 6.82. The van der Waals surface area contributed by atoms with Crippen LogP contribution in [-0.2, 0) is 19.1 Å². The molecule has 1 N–H and O–H groups in total. The molecule has 0 radical (unpaired) electrons. The quantitative estimate of drug-likeness (QED) is 0.732. The molecule has 17 heavy (non-hydrogen) atoms. The number of esters is 1. The van der Waals surface area contributed by atoms with Gasteiger partial charge in [-0.15, -0.1) is 0 Å². The van der Waals surface area contributed by atoms with Crippen molar-refractivity contribution in [3.05, 3.63) is 0 Å². The van der Waals surface area contributed by atoms with Gasteiger partial charge < -0.3 is 14.8 Å². The van der Waals surface area contributed by atoms with Crippen molar-refractivity contribution in [2.24, 2.45) is 5.41 Å². The lowest BCUT2D eigenvalue weighted by atomic mass is 9.83. The molecule has 5 heteroatoms. The third kappa shape index (κ3) is 1.82. The molecule has 96 valence electrons. The second-order valence-electron chi connectivity index (χ2n) is 5.51. The topological polar surface area (TPSA) is 64.6 Å². The smallest absolute Gasteiger partial charge is 0.304 e. The molecule has 1 aliphatic heterocycles. The fraction of sp³-hybridized carbons (Fsp3) is 0.833. The zero-order valence-corrected chi connectivity index (χ0v) is 10.7. The van der Waals surface area contributed by atoms with Crippen LogP contribution in [0.5, 0.6) is 0 Å². The number of carbonyl (C=O) groups excluding carboxylic acids is 2. The summed E-state index contributed by atoms with van der Waals surface area (Å²) in [5.74, 6) is -0.435. The van der Waals surface area contributed by atoms with Crippen LogP contribution in [0, 0.1) is 5.41 Å². The number of nitrogens with one attached hydrogen (secondary N) is 1. The van der Waals surface area contributed by atoms with Crippen molar-refractivity contribution in [3.63, 3.8) is 0 Å². The molecule has 0 spiro atoms. The molecule has 0 aromatic carbocycles. The summed E-state index contributed by atoms with van der Waals surface area (Å²) in [5, 5.41) is 2.93. The van der Waals surface area contributed by atoms with E-state index in [1.54, 1.807) is 0 Å². The zero-order valence-electron chi connectivity index (χ0n) is 10.7. The van der Waals surface area contributed by atoms with E-state index in [1.165, 1.54) is 13.8 Å². The van der Waals surface area contributed by atoms with Crippen molar-refractivity contribution < 1.29 is 19.1 Å². The summed E-state index contributed by atoms with van der Waals surface area (Å²) < 4.78 is 11.0. The Balaban J connectivity index is 2.23. The Bertz CT molecular complexity index is 370. The van der Waals surface area contributed by atoms with E-state index < -0.39 is 11.9 Å². The van der Waals surface area contributed by atoms with E-state index in [0.29, 0.717) is 0 Å². The van der Waals surface area contributed by atoms with Crippen molar-refractivity contribution in [1.29, 1.82) is 0 Å². The Kier molecular flexibility index (Phi) is 2.69. The summed E-state index contributed by atoms with van der Waals surface area (Å²) in [6, 6.07) is -0.100. The van der Waals surface area contributed by atoms with Crippen LogP contribution in [0.2, 0.25) is 0 Å². The molecule has 2 rings (SSSR count). The van der Waals surface area contributed by atoms with Crippen molar-refractivity contribution in [1.82, 2.24) is 5.32 Å². The van der Waals surface area contributed by atoms with Gasteiger partial charge in [-0.05, 0) is 19.8 Å². The molecule has 1 aliphatic carbocycles. The molecule has 1 saturated heterocycles. The van der Waals surface area contributed by atoms with Gasteiger partial charge in [0.1, 0.15) is 0 Å². The van der Waals surface area contributed by atoms with Gasteiger partial charge in [-0.1, -0.05) is 6.92 Å². The molecule has 0 aromatic heterocycles. The van der Waals surface area contributed by atoms with Crippen molar-refractivity contribution in [2.75, 3.05) is 0 Å². The number of ether oxygens (including phenoxy) is 2. The zero-order chi connectivity index (χ0) is 12.8. The second kappa shape index (κ2) is 3.70. The predicted octanol–water partition coefficient (Wildman–Crippen LogP) is 0.969. The maximum atomic E-state index is 11.3. The Labute approximate surface area is 101 Å². The molecule has 0 aromatic rings. The minimum absolute atomic E-state index is 0.0820. The first-order valence-electron chi connectivity index (χ1n) is 5.90. The van der Waals surface area contributed by atoms with Gasteiger partial charge in [0.15, 0.2) is 0 Å². The van der Waals surface area contributed by atoms with Crippen LogP contribution in [0.4, 0.5) is 0 Å². The van der Waals surface area contributed by atoms with Gasteiger partial charge in [-0.3, -0.25) is 9.59 Å². The summed E-state index contributed by atoms with van der Waals surface area (Å²) in [6.07, 6.45) is 1.19. The number of carbonyl (C=O) groups is 2. The highest BCUT2D eigenvalue weighted by molar-refractivity contribution is 5.73. The average molecular weight is 241 g/mol. The lowest BCUT2D eigenvalue weighted by molar-refractivity contribution is -0.214. The van der Waals surface area contributed by atoms with Crippen molar-refractivity contribution in [2.45, 2.75) is 58.5 Å². The van der Waals surface area contributed by atoms with Crippen LogP contribution in [0.1, 0.15) is 40.5 Å². The minimum Gasteiger partial charge on any atom is -0.435 e. The summed E-state index contributed by atoms with van der Waals surface area (Å²) >= 11 is 0. The number of hydrogen-bond acceptors (Lipinski definition) is 4. The largest absolute Gasteiger partial charge is 0.435 e. The molecular formula is C12H19NO4. The summed E-state index contributed by atoms with van der Waals surface area (Å²) in [4.78, 5) is 22.3. The van der Waals surface area contributed by atoms with Crippen molar-refractivity contribution >= 4 is 11.9 Å². The van der Waals surface area contributed by atoms with E-state index in [0.717, 1.165) is 12.8 Å². The fourth-order valence-corrected chi connectivity index (χ4v) is 3.09. The molecule has 4 unspecified atom stereocenters. The SMILES string of the molecule is CC(=O)NC1C2(C)CCC1(C)C(OC(C)=O)O2. The highest BCUT2D eigenvalue weighted by atomic mass is 16.7. The molecule has 1 amide bonds. The monoisotopic (exact) mass is 241 g/mol. The maximum absolute atomic E-state index is 11.3. The van der Waals surface area contributed by atoms with E-state index in [-0.39, 0.29) is 23.3 Å². The Morgan fingerprint density at radius 2 is 1.94 bits per heavy atom. The first-order valence-corrected chi connectivity index (χ1v) is 5.90. The molecule has 2 aliphatic rings. The van der Waals surface area contributed by atoms with Crippen LogP contribution < -0.4 is 5.32 Å². The number of fused-ring (bicyclic) bond motifs is 2. The van der Waals surface area contributed by atoms with E-state index in [9.17, 15) is 9.59 Å². The van der Waals surface area contributed by atoms with Gasteiger partial charge in [-0.2, -0.15) is 0 Å². The molecule has 4 atom stereocenters. The van der Waals surface area contributed by atoms with Crippen LogP contribution >= 0.6 is 0 Å². The first-order chi connectivity index (χ1) is 7.78. The van der Waals surface area contributed by atoms with E-state index in [4.69, 9.17) is 9.47 Å². The summed E-state index contributed by atoms with van der Waals surface area (Å²) in [7, 11) is 0. The Morgan fingerprint density at radius 3 is 2.47 bits per heavy atom. The number of rotatable bonds is 2. The highest BCUT2D eigenvalue weighted by Crippen LogP contribution is 2.56. The van der Waals surface area contributed by atoms with Gasteiger partial charge in [0.05, 0.1) is 17.1 Å². The average Bonchev–Trinajstić information content (AvgIpc) is 2.51. The molecule has 2 fully saturated rings. The minimum atomic E-state index is -0.560. The third-order valence-corrected chi connectivity index (χ3v) is 3.97. The molecular weight excluding hydrogens is 222 g/mol. The highest BCUT2D eigenvalue weighted by Gasteiger charge is 2.66. The lowest BCUT2D eigenvalue weighted by Gasteiger charge is -2.31. The number of hydrogen-bond donors (Lipinski definition) is 1. The second-order valence-corrected chi connectivity index (χ2v) is 5.51. The summed E-state index contributed by atoms with van der Waals surface area (Å²) in [5.41, 5.74) is -0.757. The van der Waals surface area contributed by atoms with E-state index >= 15 is 0 Å². The van der Waals surface area contributed by atoms with Crippen LogP contribution in [0.15, 0.2) is 0 Å². The van der Waals surface area contributed by atoms with E-state index in [1.807, 2.05) is 13.8 Å². The van der Waals surface area contributed by atoms with Crippen LogP contribution in [0.3, 0.4) is 0 Å². The first kappa shape index (κ1) is 12.4. The van der Waals surface area contributed by atoms with Gasteiger partial charge >= 0.3 is 5.97 Å². The predicted molar refractivity (Wildman–Crippen MR) is 60.0 cm³/mol. The molecule has 2 bridgehead atoms. The van der Waals surface area contributed by atoms with Crippen LogP contribution in [0.25, 0.3) is 0 Å². The van der Waals surface area contributed by atoms with Crippen LogP contribution in [-0.4, -0.2) is 29.8 Å². The normalized spacial score (nSPS) is 43.5. The number of amides is 1. The maximum Gasteiger partial charge on any atom is 0.304 e. The van der Waals surface area contributed by atoms with Gasteiger partial charge in [-0.25, -0.2) is 0 Å². The van der Waals surface area contributed by atoms with E-state index in [2.05, 4.69) is 5.32 Å². The third-order valence-electron chi connectivity index (χ3n) is 3.97. The van der Waals surface area contributed by atoms with Gasteiger partial charge in [0.25, 0.3) is 0 Å². The van der Waals surface area contributed by atoms with Crippen molar-refractivity contribution in [3.8, 4) is 0 Å². The lowest BCUT2D eigenvalue weighted by Crippen LogP contribution is -2.49. The van der Waals surface area contributed by atoms with Gasteiger partial charge in [0.2, 0.25) is 12.2 Å². The molecule has 5 nitrogen and oxygen atoms in total. The molecule has 1 heterocycles. The molecule has 1 saturated carbocycles. The fourth-order valence-electron chi connectivity index (χ4n) is 3.09. The standard InChI is InChI=1S/C12H19NO4/c1-7(14)13-9-11(3)5-6-12(9,4)17-10(11)16-8(2)15/h9-10H,5-6H2,1-4H3,(H,13,14). The van der Waals surface area contributed by atoms with Gasteiger partial charge in [0, 0.05) is 13.8 Å².